The lowest BCUT2D eigenvalue weighted by molar-refractivity contribution is 0.0940. The molecule has 0 saturated carbocycles. The van der Waals surface area contributed by atoms with Crippen molar-refractivity contribution in [1.82, 2.24) is 5.32 Å². The Bertz CT molecular complexity index is 1870. The molecule has 1 aliphatic heterocycles. The van der Waals surface area contributed by atoms with E-state index in [0.29, 0.717) is 22.3 Å². The SMILES string of the molecule is O=C(NC(c1ccccc1)c1ccc2c(c1)S(=O)(=O)OC(c1ccccc1)=C2c1ccccc1)c1ccccc1O. The quantitative estimate of drug-likeness (QED) is 0.230. The largest absolute Gasteiger partial charge is 0.507 e. The van der Waals surface area contributed by atoms with Crippen LogP contribution in [-0.2, 0) is 14.3 Å². The molecular weight excluding hydrogens is 534 g/mol. The van der Waals surface area contributed by atoms with Crippen molar-refractivity contribution in [3.8, 4) is 5.75 Å². The summed E-state index contributed by atoms with van der Waals surface area (Å²) in [7, 11) is -4.22. The molecule has 7 heteroatoms. The van der Waals surface area contributed by atoms with Crippen LogP contribution in [0.15, 0.2) is 138 Å². The van der Waals surface area contributed by atoms with E-state index in [4.69, 9.17) is 4.18 Å². The fourth-order valence-electron chi connectivity index (χ4n) is 5.00. The van der Waals surface area contributed by atoms with E-state index in [1.165, 1.54) is 12.1 Å². The number of hydrogen-bond acceptors (Lipinski definition) is 5. The zero-order valence-corrected chi connectivity index (χ0v) is 22.6. The molecule has 1 unspecified atom stereocenters. The second-order valence-corrected chi connectivity index (χ2v) is 11.1. The molecule has 0 bridgehead atoms. The fraction of sp³-hybridized carbons (Fsp3) is 0.0294. The zero-order chi connectivity index (χ0) is 28.4. The van der Waals surface area contributed by atoms with Crippen molar-refractivity contribution in [3.63, 3.8) is 0 Å². The first-order valence-corrected chi connectivity index (χ1v) is 14.4. The third kappa shape index (κ3) is 5.11. The molecule has 1 heterocycles. The molecule has 5 aromatic carbocycles. The first-order valence-electron chi connectivity index (χ1n) is 13.0. The number of hydrogen-bond donors (Lipinski definition) is 2. The van der Waals surface area contributed by atoms with Crippen LogP contribution >= 0.6 is 0 Å². The number of fused-ring (bicyclic) bond motifs is 1. The maximum atomic E-state index is 13.7. The number of carbonyl (C=O) groups is 1. The standard InChI is InChI=1S/C34H25NO5S/c36-29-19-11-10-18-27(29)34(37)35-32(24-14-6-2-7-15-24)26-20-21-28-30(22-26)41(38,39)40-33(25-16-8-3-9-17-25)31(28)23-12-4-1-5-13-23/h1-22,32,36H,(H,35,37). The van der Waals surface area contributed by atoms with Gasteiger partial charge in [-0.2, -0.15) is 8.42 Å². The van der Waals surface area contributed by atoms with Crippen molar-refractivity contribution in [2.24, 2.45) is 0 Å². The van der Waals surface area contributed by atoms with Gasteiger partial charge in [0, 0.05) is 16.7 Å². The van der Waals surface area contributed by atoms with E-state index in [0.717, 1.165) is 11.1 Å². The van der Waals surface area contributed by atoms with Crippen LogP contribution in [-0.4, -0.2) is 19.4 Å². The molecule has 5 aromatic rings. The molecule has 2 N–H and O–H groups in total. The molecule has 0 saturated heterocycles. The lowest BCUT2D eigenvalue weighted by Gasteiger charge is -2.26. The van der Waals surface area contributed by atoms with Gasteiger partial charge in [0.2, 0.25) is 0 Å². The molecule has 1 atom stereocenters. The average Bonchev–Trinajstić information content (AvgIpc) is 3.01. The van der Waals surface area contributed by atoms with Crippen LogP contribution in [0.5, 0.6) is 5.75 Å². The summed E-state index contributed by atoms with van der Waals surface area (Å²) in [5.41, 5.74) is 4.01. The Morgan fingerprint density at radius 2 is 1.27 bits per heavy atom. The molecule has 202 valence electrons. The van der Waals surface area contributed by atoms with Crippen LogP contribution in [0.3, 0.4) is 0 Å². The lowest BCUT2D eigenvalue weighted by Crippen LogP contribution is -2.29. The van der Waals surface area contributed by atoms with Crippen LogP contribution in [0, 0.1) is 0 Å². The van der Waals surface area contributed by atoms with Crippen LogP contribution in [0.2, 0.25) is 0 Å². The number of amides is 1. The van der Waals surface area contributed by atoms with Gasteiger partial charge >= 0.3 is 10.1 Å². The number of para-hydroxylation sites is 1. The van der Waals surface area contributed by atoms with Gasteiger partial charge in [-0.3, -0.25) is 4.79 Å². The minimum atomic E-state index is -4.22. The number of benzene rings is 5. The molecule has 6 rings (SSSR count). The van der Waals surface area contributed by atoms with E-state index in [9.17, 15) is 18.3 Å². The summed E-state index contributed by atoms with van der Waals surface area (Å²) < 4.78 is 33.1. The summed E-state index contributed by atoms with van der Waals surface area (Å²) in [5, 5.41) is 13.2. The highest BCUT2D eigenvalue weighted by atomic mass is 32.2. The highest BCUT2D eigenvalue weighted by Crippen LogP contribution is 2.43. The predicted octanol–water partition coefficient (Wildman–Crippen LogP) is 6.55. The second kappa shape index (κ2) is 10.8. The summed E-state index contributed by atoms with van der Waals surface area (Å²) >= 11 is 0. The van der Waals surface area contributed by atoms with Gasteiger partial charge in [-0.15, -0.1) is 0 Å². The maximum absolute atomic E-state index is 13.7. The van der Waals surface area contributed by atoms with Gasteiger partial charge in [0.1, 0.15) is 10.6 Å². The number of phenols is 1. The lowest BCUT2D eigenvalue weighted by atomic mass is 9.91. The third-order valence-electron chi connectivity index (χ3n) is 6.95. The normalized spacial score (nSPS) is 14.4. The topological polar surface area (TPSA) is 92.7 Å². The molecule has 0 aliphatic carbocycles. The second-order valence-electron chi connectivity index (χ2n) is 9.56. The molecule has 0 fully saturated rings. The van der Waals surface area contributed by atoms with E-state index in [1.54, 1.807) is 24.3 Å². The van der Waals surface area contributed by atoms with Gasteiger partial charge in [0.05, 0.1) is 11.6 Å². The Morgan fingerprint density at radius 3 is 1.93 bits per heavy atom. The van der Waals surface area contributed by atoms with E-state index in [2.05, 4.69) is 5.32 Å². The Hall–Kier alpha value is -5.14. The summed E-state index contributed by atoms with van der Waals surface area (Å²) in [6.07, 6.45) is 0. The third-order valence-corrected chi connectivity index (χ3v) is 8.22. The minimum absolute atomic E-state index is 0.00581. The number of aromatic hydroxyl groups is 1. The van der Waals surface area contributed by atoms with E-state index >= 15 is 0 Å². The van der Waals surface area contributed by atoms with Crippen molar-refractivity contribution >= 4 is 27.4 Å². The Kier molecular flexibility index (Phi) is 6.87. The maximum Gasteiger partial charge on any atom is 0.339 e. The van der Waals surface area contributed by atoms with Crippen LogP contribution < -0.4 is 5.32 Å². The molecule has 0 aromatic heterocycles. The monoisotopic (exact) mass is 559 g/mol. The van der Waals surface area contributed by atoms with Crippen LogP contribution in [0.1, 0.15) is 44.2 Å². The molecular formula is C34H25NO5S. The van der Waals surface area contributed by atoms with E-state index in [1.807, 2.05) is 97.1 Å². The average molecular weight is 560 g/mol. The van der Waals surface area contributed by atoms with E-state index in [-0.39, 0.29) is 22.0 Å². The first-order chi connectivity index (χ1) is 19.9. The number of nitrogens with one attached hydrogen (secondary N) is 1. The van der Waals surface area contributed by atoms with Crippen molar-refractivity contribution in [2.75, 3.05) is 0 Å². The van der Waals surface area contributed by atoms with Crippen molar-refractivity contribution in [3.05, 3.63) is 167 Å². The van der Waals surface area contributed by atoms with E-state index < -0.39 is 22.1 Å². The Labute approximate surface area is 238 Å². The van der Waals surface area contributed by atoms with Crippen molar-refractivity contribution in [1.29, 1.82) is 0 Å². The molecule has 41 heavy (non-hydrogen) atoms. The van der Waals surface area contributed by atoms with Gasteiger partial charge in [0.25, 0.3) is 5.91 Å². The van der Waals surface area contributed by atoms with Gasteiger partial charge in [0.15, 0.2) is 5.76 Å². The Morgan fingerprint density at radius 1 is 0.683 bits per heavy atom. The van der Waals surface area contributed by atoms with Crippen LogP contribution in [0.4, 0.5) is 0 Å². The van der Waals surface area contributed by atoms with Gasteiger partial charge in [-0.1, -0.05) is 115 Å². The first kappa shape index (κ1) is 26.1. The van der Waals surface area contributed by atoms with Gasteiger partial charge < -0.3 is 14.6 Å². The molecule has 1 aliphatic rings. The molecule has 0 radical (unpaired) electrons. The Balaban J connectivity index is 1.52. The smallest absolute Gasteiger partial charge is 0.339 e. The summed E-state index contributed by atoms with van der Waals surface area (Å²) in [4.78, 5) is 13.3. The molecule has 0 spiro atoms. The number of carbonyl (C=O) groups excluding carboxylic acids is 1. The summed E-state index contributed by atoms with van der Waals surface area (Å²) in [5.74, 6) is -0.390. The zero-order valence-electron chi connectivity index (χ0n) is 21.8. The van der Waals surface area contributed by atoms with Crippen molar-refractivity contribution in [2.45, 2.75) is 10.9 Å². The molecule has 1 amide bonds. The molecule has 6 nitrogen and oxygen atoms in total. The number of rotatable bonds is 6. The highest BCUT2D eigenvalue weighted by Gasteiger charge is 2.34. The van der Waals surface area contributed by atoms with Crippen molar-refractivity contribution < 1.29 is 22.5 Å². The summed E-state index contributed by atoms with van der Waals surface area (Å²) in [6.45, 7) is 0. The number of phenolic OH excluding ortho intramolecular Hbond substituents is 1. The summed E-state index contributed by atoms with van der Waals surface area (Å²) in [6, 6.07) is 38.6. The van der Waals surface area contributed by atoms with Gasteiger partial charge in [-0.05, 0) is 34.9 Å². The highest BCUT2D eigenvalue weighted by molar-refractivity contribution is 7.87. The van der Waals surface area contributed by atoms with Gasteiger partial charge in [-0.25, -0.2) is 0 Å². The minimum Gasteiger partial charge on any atom is -0.507 e. The fourth-order valence-corrected chi connectivity index (χ4v) is 6.21. The predicted molar refractivity (Wildman–Crippen MR) is 157 cm³/mol. The van der Waals surface area contributed by atoms with Crippen LogP contribution in [0.25, 0.3) is 11.3 Å².